The minimum atomic E-state index is -4.04. The largest absolute Gasteiger partial charge is 0.480 e. The first kappa shape index (κ1) is 28.9. The van der Waals surface area contributed by atoms with Crippen molar-refractivity contribution in [3.63, 3.8) is 0 Å². The van der Waals surface area contributed by atoms with Crippen LogP contribution in [0.2, 0.25) is 0 Å². The number of nitrogens with one attached hydrogen (secondary N) is 2. The number of aliphatic carboxylic acids is 1. The van der Waals surface area contributed by atoms with E-state index in [1.54, 1.807) is 51.1 Å². The first-order valence-electron chi connectivity index (χ1n) is 9.59. The van der Waals surface area contributed by atoms with Gasteiger partial charge in [-0.05, 0) is 46.6 Å². The smallest absolute Gasteiger partial charge is 0.408 e. The molecule has 1 rings (SSSR count). The van der Waals surface area contributed by atoms with Crippen molar-refractivity contribution in [2.24, 2.45) is 5.92 Å². The first-order chi connectivity index (χ1) is 13.7. The van der Waals surface area contributed by atoms with Crippen LogP contribution in [0.25, 0.3) is 0 Å². The number of carbonyl (C=O) groups excluding carboxylic acids is 2. The Hall–Kier alpha value is -2.09. The van der Waals surface area contributed by atoms with Gasteiger partial charge >= 0.3 is 12.1 Å². The fraction of sp³-hybridized carbons (Fsp3) is 0.550. The summed E-state index contributed by atoms with van der Waals surface area (Å²) in [5.74, 6) is -3.98. The number of halogens is 1. The predicted molar refractivity (Wildman–Crippen MR) is 120 cm³/mol. The second-order valence-electron chi connectivity index (χ2n) is 8.22. The summed E-state index contributed by atoms with van der Waals surface area (Å²) in [6.07, 6.45) is -1.13. The number of benzene rings is 1. The number of carbonyl (C=O) groups is 3. The number of hydrogen-bond donors (Lipinski definition) is 4. The molecule has 0 fully saturated rings. The molecule has 2 amide bonds. The molecule has 31 heavy (non-hydrogen) atoms. The number of carboxylic acid groups (broad SMARTS) is 1. The lowest BCUT2D eigenvalue weighted by molar-refractivity contribution is -0.141. The van der Waals surface area contributed by atoms with Gasteiger partial charge in [0.1, 0.15) is 17.4 Å². The van der Waals surface area contributed by atoms with Crippen molar-refractivity contribution in [2.45, 2.75) is 58.5 Å². The highest BCUT2D eigenvalue weighted by molar-refractivity contribution is 7.58. The van der Waals surface area contributed by atoms with E-state index in [9.17, 15) is 23.8 Å². The highest BCUT2D eigenvalue weighted by Gasteiger charge is 2.36. The number of amides is 2. The molecule has 4 atom stereocenters. The van der Waals surface area contributed by atoms with Gasteiger partial charge in [-0.15, -0.1) is 12.4 Å². The van der Waals surface area contributed by atoms with Crippen LogP contribution >= 0.6 is 19.8 Å². The van der Waals surface area contributed by atoms with Crippen LogP contribution in [0.1, 0.15) is 40.2 Å². The topological polar surface area (TPSA) is 142 Å². The van der Waals surface area contributed by atoms with Crippen molar-refractivity contribution in [3.05, 3.63) is 35.9 Å². The fourth-order valence-corrected chi connectivity index (χ4v) is 4.13. The minimum absolute atomic E-state index is 0. The SMILES string of the molecule is CC(NC(=O)C(Cc1ccccc1)CP(=O)(O)C(C)NC(=O)OC(C)(C)C)C(=O)O.Cl. The first-order valence-corrected chi connectivity index (χ1v) is 11.5. The van der Waals surface area contributed by atoms with Crippen molar-refractivity contribution >= 4 is 37.7 Å². The second kappa shape index (κ2) is 12.1. The van der Waals surface area contributed by atoms with Gasteiger partial charge in [-0.2, -0.15) is 0 Å². The summed E-state index contributed by atoms with van der Waals surface area (Å²) in [5, 5.41) is 13.7. The van der Waals surface area contributed by atoms with E-state index >= 15 is 0 Å². The standard InChI is InChI=1S/C20H31N2O7P.ClH/c1-13(18(24)25)21-17(23)16(11-15-9-7-6-8-10-15)12-30(27,28)14(2)22-19(26)29-20(3,4)5;/h6-10,13-14,16H,11-12H2,1-5H3,(H,21,23)(H,22,26)(H,24,25)(H,27,28);1H. The van der Waals surface area contributed by atoms with Crippen LogP contribution in [0.5, 0.6) is 0 Å². The molecule has 0 radical (unpaired) electrons. The van der Waals surface area contributed by atoms with Crippen molar-refractivity contribution in [2.75, 3.05) is 6.16 Å². The third-order valence-corrected chi connectivity index (χ3v) is 6.54. The molecule has 0 aliphatic heterocycles. The lowest BCUT2D eigenvalue weighted by atomic mass is 10.00. The van der Waals surface area contributed by atoms with Gasteiger partial charge in [0.2, 0.25) is 13.3 Å². The highest BCUT2D eigenvalue weighted by atomic mass is 35.5. The summed E-state index contributed by atoms with van der Waals surface area (Å²) < 4.78 is 18.0. The van der Waals surface area contributed by atoms with Crippen LogP contribution in [0, 0.1) is 5.92 Å². The summed E-state index contributed by atoms with van der Waals surface area (Å²) in [6, 6.07) is 7.74. The summed E-state index contributed by atoms with van der Waals surface area (Å²) in [6.45, 7) is 7.67. The molecule has 0 aliphatic rings. The third-order valence-electron chi connectivity index (χ3n) is 4.24. The van der Waals surface area contributed by atoms with Crippen LogP contribution in [0.3, 0.4) is 0 Å². The van der Waals surface area contributed by atoms with E-state index < -0.39 is 54.8 Å². The Balaban J connectivity index is 0.00000900. The Labute approximate surface area is 188 Å². The maximum atomic E-state index is 12.9. The zero-order valence-corrected chi connectivity index (χ0v) is 20.0. The van der Waals surface area contributed by atoms with Crippen LogP contribution in [-0.2, 0) is 25.3 Å². The molecule has 0 aliphatic carbocycles. The molecule has 0 saturated heterocycles. The van der Waals surface area contributed by atoms with Gasteiger partial charge < -0.3 is 25.4 Å². The Kier molecular flexibility index (Phi) is 11.3. The Morgan fingerprint density at radius 2 is 1.65 bits per heavy atom. The minimum Gasteiger partial charge on any atom is -0.480 e. The van der Waals surface area contributed by atoms with Crippen molar-refractivity contribution in [1.82, 2.24) is 10.6 Å². The van der Waals surface area contributed by atoms with Gasteiger partial charge in [-0.1, -0.05) is 30.3 Å². The molecule has 0 aromatic heterocycles. The molecule has 0 spiro atoms. The normalized spacial score (nSPS) is 15.9. The van der Waals surface area contributed by atoms with Crippen LogP contribution < -0.4 is 10.6 Å². The zero-order chi connectivity index (χ0) is 23.1. The van der Waals surface area contributed by atoms with Crippen LogP contribution in [0.4, 0.5) is 4.79 Å². The van der Waals surface area contributed by atoms with E-state index in [0.717, 1.165) is 5.56 Å². The van der Waals surface area contributed by atoms with E-state index in [1.807, 2.05) is 0 Å². The van der Waals surface area contributed by atoms with E-state index in [-0.39, 0.29) is 18.8 Å². The van der Waals surface area contributed by atoms with Gasteiger partial charge in [0, 0.05) is 6.16 Å². The third kappa shape index (κ3) is 10.7. The fourth-order valence-electron chi connectivity index (χ4n) is 2.58. The quantitative estimate of drug-likeness (QED) is 0.399. The Morgan fingerprint density at radius 1 is 1.10 bits per heavy atom. The number of alkyl carbamates (subject to hydrolysis) is 1. The summed E-state index contributed by atoms with van der Waals surface area (Å²) in [7, 11) is -4.04. The van der Waals surface area contributed by atoms with Gasteiger partial charge in [0.05, 0.1) is 5.92 Å². The zero-order valence-electron chi connectivity index (χ0n) is 18.3. The van der Waals surface area contributed by atoms with E-state index in [1.165, 1.54) is 13.8 Å². The molecule has 1 aromatic carbocycles. The molecule has 176 valence electrons. The van der Waals surface area contributed by atoms with Crippen molar-refractivity contribution in [1.29, 1.82) is 0 Å². The molecule has 0 bridgehead atoms. The van der Waals surface area contributed by atoms with Crippen molar-refractivity contribution in [3.8, 4) is 0 Å². The lowest BCUT2D eigenvalue weighted by Crippen LogP contribution is -2.44. The monoisotopic (exact) mass is 478 g/mol. The average Bonchev–Trinajstić information content (AvgIpc) is 2.59. The molecule has 11 heteroatoms. The molecular weight excluding hydrogens is 447 g/mol. The maximum Gasteiger partial charge on any atom is 0.408 e. The van der Waals surface area contributed by atoms with Gasteiger partial charge in [0.15, 0.2) is 0 Å². The molecule has 4 unspecified atom stereocenters. The van der Waals surface area contributed by atoms with Gasteiger partial charge in [0.25, 0.3) is 0 Å². The average molecular weight is 479 g/mol. The van der Waals surface area contributed by atoms with Gasteiger partial charge in [-0.25, -0.2) is 4.79 Å². The molecule has 9 nitrogen and oxygen atoms in total. The second-order valence-corrected chi connectivity index (χ2v) is 10.9. The predicted octanol–water partition coefficient (Wildman–Crippen LogP) is 3.00. The van der Waals surface area contributed by atoms with E-state index in [2.05, 4.69) is 10.6 Å². The number of carboxylic acids is 1. The number of hydrogen-bond acceptors (Lipinski definition) is 5. The molecule has 1 aromatic rings. The Bertz CT molecular complexity index is 798. The lowest BCUT2D eigenvalue weighted by Gasteiger charge is -2.27. The van der Waals surface area contributed by atoms with Crippen LogP contribution in [0.15, 0.2) is 30.3 Å². The van der Waals surface area contributed by atoms with Gasteiger partial charge in [-0.3, -0.25) is 14.2 Å². The molecule has 0 saturated carbocycles. The van der Waals surface area contributed by atoms with E-state index in [0.29, 0.717) is 0 Å². The molecule has 0 heterocycles. The summed E-state index contributed by atoms with van der Waals surface area (Å²) in [4.78, 5) is 46.2. The van der Waals surface area contributed by atoms with Crippen molar-refractivity contribution < 1.29 is 33.7 Å². The van der Waals surface area contributed by atoms with E-state index in [4.69, 9.17) is 9.84 Å². The molecular formula is C20H32ClN2O7P. The molecule has 4 N–H and O–H groups in total. The summed E-state index contributed by atoms with van der Waals surface area (Å²) in [5.41, 5.74) is -0.0141. The van der Waals surface area contributed by atoms with Crippen LogP contribution in [-0.4, -0.2) is 51.6 Å². The number of ether oxygens (including phenoxy) is 1. The number of rotatable bonds is 9. The highest BCUT2D eigenvalue weighted by Crippen LogP contribution is 2.47. The summed E-state index contributed by atoms with van der Waals surface area (Å²) >= 11 is 0. The Morgan fingerprint density at radius 3 is 2.13 bits per heavy atom. The maximum absolute atomic E-state index is 12.9.